The van der Waals surface area contributed by atoms with Gasteiger partial charge in [0.1, 0.15) is 18.2 Å². The van der Waals surface area contributed by atoms with E-state index in [1.807, 2.05) is 30.3 Å². The topological polar surface area (TPSA) is 67.7 Å². The summed E-state index contributed by atoms with van der Waals surface area (Å²) in [5, 5.41) is 9.66. The van der Waals surface area contributed by atoms with Crippen molar-refractivity contribution >= 4 is 5.82 Å². The number of aliphatic hydroxyl groups excluding tert-OH is 1. The molecule has 1 aliphatic rings. The summed E-state index contributed by atoms with van der Waals surface area (Å²) >= 11 is 0. The van der Waals surface area contributed by atoms with Crippen LogP contribution in [0.15, 0.2) is 36.5 Å². The van der Waals surface area contributed by atoms with Gasteiger partial charge in [-0.2, -0.15) is 0 Å². The number of hydrogen-bond acceptors (Lipinski definition) is 6. The number of benzene rings is 1. The third kappa shape index (κ3) is 3.97. The molecule has 2 heterocycles. The maximum atomic E-state index is 9.66. The van der Waals surface area contributed by atoms with E-state index in [0.29, 0.717) is 25.6 Å². The first kappa shape index (κ1) is 15.7. The smallest absolute Gasteiger partial charge is 0.161 e. The number of aliphatic hydroxyl groups is 1. The highest BCUT2D eigenvalue weighted by atomic mass is 16.5. The van der Waals surface area contributed by atoms with Gasteiger partial charge in [-0.3, -0.25) is 0 Å². The van der Waals surface area contributed by atoms with Gasteiger partial charge in [0.15, 0.2) is 5.82 Å². The van der Waals surface area contributed by atoms with E-state index in [9.17, 15) is 5.11 Å². The van der Waals surface area contributed by atoms with E-state index < -0.39 is 0 Å². The Morgan fingerprint density at radius 3 is 2.74 bits per heavy atom. The molecule has 1 atom stereocenters. The first-order valence-electron chi connectivity index (χ1n) is 7.74. The molecule has 1 aromatic carbocycles. The quantitative estimate of drug-likeness (QED) is 0.819. The molecule has 122 valence electrons. The Labute approximate surface area is 135 Å². The van der Waals surface area contributed by atoms with Crippen LogP contribution in [0, 0.1) is 0 Å². The Kier molecular flexibility index (Phi) is 5.05. The van der Waals surface area contributed by atoms with E-state index in [1.54, 1.807) is 13.3 Å². The predicted octanol–water partition coefficient (Wildman–Crippen LogP) is 1.74. The molecule has 1 N–H and O–H groups in total. The Morgan fingerprint density at radius 1 is 1.22 bits per heavy atom. The van der Waals surface area contributed by atoms with Crippen LogP contribution in [-0.4, -0.2) is 54.6 Å². The molecule has 6 nitrogen and oxygen atoms in total. The van der Waals surface area contributed by atoms with Crippen molar-refractivity contribution in [3.63, 3.8) is 0 Å². The zero-order chi connectivity index (χ0) is 16.1. The van der Waals surface area contributed by atoms with Crippen LogP contribution >= 0.6 is 0 Å². The zero-order valence-corrected chi connectivity index (χ0v) is 13.2. The Morgan fingerprint density at radius 2 is 2.04 bits per heavy atom. The van der Waals surface area contributed by atoms with Crippen molar-refractivity contribution < 1.29 is 14.6 Å². The largest absolute Gasteiger partial charge is 0.491 e. The highest BCUT2D eigenvalue weighted by molar-refractivity contribution is 5.58. The maximum absolute atomic E-state index is 9.66. The number of aromatic nitrogens is 2. The van der Waals surface area contributed by atoms with Crippen molar-refractivity contribution in [1.29, 1.82) is 0 Å². The van der Waals surface area contributed by atoms with Crippen molar-refractivity contribution in [3.8, 4) is 17.1 Å². The van der Waals surface area contributed by atoms with Gasteiger partial charge in [-0.1, -0.05) is 0 Å². The summed E-state index contributed by atoms with van der Waals surface area (Å²) in [7, 11) is 1.65. The van der Waals surface area contributed by atoms with E-state index in [1.165, 1.54) is 0 Å². The maximum Gasteiger partial charge on any atom is 0.161 e. The van der Waals surface area contributed by atoms with Crippen LogP contribution in [0.3, 0.4) is 0 Å². The number of hydrogen-bond donors (Lipinski definition) is 1. The van der Waals surface area contributed by atoms with Crippen molar-refractivity contribution in [1.82, 2.24) is 9.97 Å². The standard InChI is InChI=1S/C17H21N3O3/c1-22-10-11-23-15-4-2-13(3-5-15)17-18-8-6-16(19-17)20-9-7-14(21)12-20/h2-6,8,14,21H,7,9-12H2,1H3/t14-/m1/s1. The highest BCUT2D eigenvalue weighted by Crippen LogP contribution is 2.23. The Bertz CT molecular complexity index is 633. The molecule has 1 fully saturated rings. The van der Waals surface area contributed by atoms with Crippen LogP contribution in [0.25, 0.3) is 11.4 Å². The molecule has 23 heavy (non-hydrogen) atoms. The Hall–Kier alpha value is -2.18. The molecule has 0 amide bonds. The second-order valence-electron chi connectivity index (χ2n) is 5.49. The molecule has 1 aliphatic heterocycles. The van der Waals surface area contributed by atoms with Gasteiger partial charge in [0.25, 0.3) is 0 Å². The molecule has 0 aliphatic carbocycles. The molecular formula is C17H21N3O3. The van der Waals surface area contributed by atoms with Gasteiger partial charge in [0.2, 0.25) is 0 Å². The first-order chi connectivity index (χ1) is 11.3. The number of nitrogens with zero attached hydrogens (tertiary/aromatic N) is 3. The fraction of sp³-hybridized carbons (Fsp3) is 0.412. The fourth-order valence-electron chi connectivity index (χ4n) is 2.56. The van der Waals surface area contributed by atoms with E-state index in [-0.39, 0.29) is 6.10 Å². The van der Waals surface area contributed by atoms with Crippen LogP contribution in [-0.2, 0) is 4.74 Å². The summed E-state index contributed by atoms with van der Waals surface area (Å²) < 4.78 is 10.5. The van der Waals surface area contributed by atoms with Crippen LogP contribution < -0.4 is 9.64 Å². The molecule has 2 aromatic rings. The average Bonchev–Trinajstić information content (AvgIpc) is 3.02. The number of ether oxygens (including phenoxy) is 2. The van der Waals surface area contributed by atoms with E-state index in [0.717, 1.165) is 30.1 Å². The van der Waals surface area contributed by atoms with Gasteiger partial charge in [-0.25, -0.2) is 9.97 Å². The van der Waals surface area contributed by atoms with Gasteiger partial charge in [0.05, 0.1) is 12.7 Å². The SMILES string of the molecule is COCCOc1ccc(-c2nccc(N3CC[C@@H](O)C3)n2)cc1. The summed E-state index contributed by atoms with van der Waals surface area (Å²) in [6.45, 7) is 2.54. The summed E-state index contributed by atoms with van der Waals surface area (Å²) in [4.78, 5) is 11.0. The summed E-state index contributed by atoms with van der Waals surface area (Å²) in [6.07, 6.45) is 2.27. The van der Waals surface area contributed by atoms with Crippen molar-refractivity contribution in [2.75, 3.05) is 38.3 Å². The Balaban J connectivity index is 1.71. The average molecular weight is 315 g/mol. The minimum atomic E-state index is -0.267. The monoisotopic (exact) mass is 315 g/mol. The van der Waals surface area contributed by atoms with Crippen molar-refractivity contribution in [2.45, 2.75) is 12.5 Å². The van der Waals surface area contributed by atoms with Crippen LogP contribution in [0.2, 0.25) is 0 Å². The van der Waals surface area contributed by atoms with E-state index >= 15 is 0 Å². The normalized spacial score (nSPS) is 17.5. The first-order valence-corrected chi connectivity index (χ1v) is 7.74. The molecule has 1 aromatic heterocycles. The third-order valence-electron chi connectivity index (χ3n) is 3.80. The molecule has 6 heteroatoms. The lowest BCUT2D eigenvalue weighted by Crippen LogP contribution is -2.22. The third-order valence-corrected chi connectivity index (χ3v) is 3.80. The number of methoxy groups -OCH3 is 1. The van der Waals surface area contributed by atoms with E-state index in [2.05, 4.69) is 14.9 Å². The molecule has 0 spiro atoms. The minimum absolute atomic E-state index is 0.267. The fourth-order valence-corrected chi connectivity index (χ4v) is 2.56. The van der Waals surface area contributed by atoms with Crippen LogP contribution in [0.1, 0.15) is 6.42 Å². The molecule has 0 bridgehead atoms. The van der Waals surface area contributed by atoms with Gasteiger partial charge < -0.3 is 19.5 Å². The summed E-state index contributed by atoms with van der Waals surface area (Å²) in [5.41, 5.74) is 0.936. The molecule has 0 saturated carbocycles. The number of β-amino-alcohol motifs (C(OH)–C–C–N with tert-alkyl or cyclic N) is 1. The summed E-state index contributed by atoms with van der Waals surface area (Å²) in [5.74, 6) is 2.32. The molecular weight excluding hydrogens is 294 g/mol. The zero-order valence-electron chi connectivity index (χ0n) is 13.2. The second kappa shape index (κ2) is 7.39. The lowest BCUT2D eigenvalue weighted by Gasteiger charge is -2.16. The van der Waals surface area contributed by atoms with Gasteiger partial charge >= 0.3 is 0 Å². The predicted molar refractivity (Wildman–Crippen MR) is 87.7 cm³/mol. The number of rotatable bonds is 6. The van der Waals surface area contributed by atoms with Gasteiger partial charge in [-0.15, -0.1) is 0 Å². The minimum Gasteiger partial charge on any atom is -0.491 e. The lowest BCUT2D eigenvalue weighted by atomic mass is 10.2. The lowest BCUT2D eigenvalue weighted by molar-refractivity contribution is 0.146. The molecule has 3 rings (SSSR count). The second-order valence-corrected chi connectivity index (χ2v) is 5.49. The summed E-state index contributed by atoms with van der Waals surface area (Å²) in [6, 6.07) is 9.57. The van der Waals surface area contributed by atoms with E-state index in [4.69, 9.17) is 9.47 Å². The molecule has 0 unspecified atom stereocenters. The van der Waals surface area contributed by atoms with Crippen molar-refractivity contribution in [2.24, 2.45) is 0 Å². The van der Waals surface area contributed by atoms with Crippen molar-refractivity contribution in [3.05, 3.63) is 36.5 Å². The highest BCUT2D eigenvalue weighted by Gasteiger charge is 2.21. The van der Waals surface area contributed by atoms with Gasteiger partial charge in [0, 0.05) is 32.0 Å². The number of anilines is 1. The van der Waals surface area contributed by atoms with Crippen LogP contribution in [0.4, 0.5) is 5.82 Å². The van der Waals surface area contributed by atoms with Gasteiger partial charge in [-0.05, 0) is 36.8 Å². The molecule has 0 radical (unpaired) electrons. The van der Waals surface area contributed by atoms with Crippen LogP contribution in [0.5, 0.6) is 5.75 Å². The molecule has 1 saturated heterocycles.